The predicted molar refractivity (Wildman–Crippen MR) is 68.9 cm³/mol. The van der Waals surface area contributed by atoms with Gasteiger partial charge in [0.1, 0.15) is 0 Å². The Morgan fingerprint density at radius 1 is 1.27 bits per heavy atom. The minimum atomic E-state index is -3.04. The van der Waals surface area contributed by atoms with E-state index in [-0.39, 0.29) is 11.8 Å². The number of sulfonamides is 1. The highest BCUT2D eigenvalue weighted by Gasteiger charge is 2.23. The molecule has 92 valence electrons. The summed E-state index contributed by atoms with van der Waals surface area (Å²) < 4.78 is 25.5. The number of alkyl halides is 1. The minimum Gasteiger partial charge on any atom is -0.212 e. The van der Waals surface area contributed by atoms with E-state index in [0.717, 1.165) is 24.6 Å². The lowest BCUT2D eigenvalue weighted by Gasteiger charge is -2.25. The van der Waals surface area contributed by atoms with Crippen LogP contribution in [0.3, 0.4) is 0 Å². The molecule has 0 aliphatic rings. The van der Waals surface area contributed by atoms with E-state index in [2.05, 4.69) is 15.9 Å². The van der Waals surface area contributed by atoms with Gasteiger partial charge in [0, 0.05) is 17.9 Å². The van der Waals surface area contributed by atoms with Gasteiger partial charge >= 0.3 is 0 Å². The molecule has 0 saturated carbocycles. The van der Waals surface area contributed by atoms with E-state index in [1.165, 1.54) is 0 Å². The van der Waals surface area contributed by atoms with E-state index < -0.39 is 10.0 Å². The highest BCUT2D eigenvalue weighted by Crippen LogP contribution is 2.11. The summed E-state index contributed by atoms with van der Waals surface area (Å²) in [7, 11) is -3.04. The Hall–Kier alpha value is 0.390. The van der Waals surface area contributed by atoms with Crippen molar-refractivity contribution >= 4 is 26.0 Å². The summed E-state index contributed by atoms with van der Waals surface area (Å²) in [5.74, 6) is 0.282. The van der Waals surface area contributed by atoms with E-state index in [1.54, 1.807) is 4.31 Å². The van der Waals surface area contributed by atoms with Gasteiger partial charge in [-0.1, -0.05) is 29.3 Å². The summed E-state index contributed by atoms with van der Waals surface area (Å²) in [6, 6.07) is 0.0610. The van der Waals surface area contributed by atoms with E-state index in [9.17, 15) is 8.42 Å². The first-order chi connectivity index (χ1) is 6.95. The van der Waals surface area contributed by atoms with Gasteiger partial charge in [0.2, 0.25) is 10.0 Å². The second-order valence-corrected chi connectivity index (χ2v) is 6.75. The minimum absolute atomic E-state index is 0.0610. The smallest absolute Gasteiger partial charge is 0.212 e. The fourth-order valence-electron chi connectivity index (χ4n) is 1.38. The Bertz CT molecular complexity index is 252. The maximum atomic E-state index is 11.9. The summed E-state index contributed by atoms with van der Waals surface area (Å²) in [5, 5.41) is 0.847. The molecular formula is C10H22BrNO2S. The van der Waals surface area contributed by atoms with Crippen LogP contribution in [-0.2, 0) is 10.0 Å². The summed E-state index contributed by atoms with van der Waals surface area (Å²) >= 11 is 3.32. The van der Waals surface area contributed by atoms with Gasteiger partial charge in [0.05, 0.1) is 5.75 Å². The molecule has 0 bridgehead atoms. The van der Waals surface area contributed by atoms with Gasteiger partial charge in [-0.05, 0) is 26.7 Å². The summed E-state index contributed by atoms with van der Waals surface area (Å²) in [6.45, 7) is 6.48. The molecule has 0 radical (unpaired) electrons. The predicted octanol–water partition coefficient (Wildman–Crippen LogP) is 2.61. The van der Waals surface area contributed by atoms with Crippen LogP contribution < -0.4 is 0 Å². The van der Waals surface area contributed by atoms with Gasteiger partial charge in [-0.15, -0.1) is 0 Å². The van der Waals surface area contributed by atoms with Crippen molar-refractivity contribution < 1.29 is 8.42 Å². The number of unbranched alkanes of at least 4 members (excludes halogenated alkanes) is 1. The van der Waals surface area contributed by atoms with Gasteiger partial charge in [-0.2, -0.15) is 4.31 Å². The first-order valence-corrected chi connectivity index (χ1v) is 8.24. The van der Waals surface area contributed by atoms with E-state index in [0.29, 0.717) is 6.54 Å². The zero-order valence-corrected chi connectivity index (χ0v) is 12.3. The molecule has 15 heavy (non-hydrogen) atoms. The largest absolute Gasteiger partial charge is 0.214 e. The van der Waals surface area contributed by atoms with Crippen LogP contribution in [0.25, 0.3) is 0 Å². The van der Waals surface area contributed by atoms with E-state index in [1.807, 2.05) is 20.8 Å². The van der Waals surface area contributed by atoms with Crippen molar-refractivity contribution in [2.45, 2.75) is 46.1 Å². The number of rotatable bonds is 8. The third kappa shape index (κ3) is 5.88. The summed E-state index contributed by atoms with van der Waals surface area (Å²) in [4.78, 5) is 0. The monoisotopic (exact) mass is 299 g/mol. The van der Waals surface area contributed by atoms with Crippen LogP contribution in [0.1, 0.15) is 40.0 Å². The molecule has 0 aliphatic carbocycles. The van der Waals surface area contributed by atoms with Crippen molar-refractivity contribution in [3.8, 4) is 0 Å². The zero-order chi connectivity index (χ0) is 11.9. The fraction of sp³-hybridized carbons (Fsp3) is 1.00. The molecule has 0 fully saturated rings. The molecule has 0 aromatic heterocycles. The molecule has 0 heterocycles. The molecule has 0 spiro atoms. The lowest BCUT2D eigenvalue weighted by atomic mass is 10.4. The van der Waals surface area contributed by atoms with E-state index >= 15 is 0 Å². The standard InChI is InChI=1S/C10H22BrNO2S/c1-4-5-9-15(13,14)12(10(2)3)8-6-7-11/h10H,4-9H2,1-3H3. The first-order valence-electron chi connectivity index (χ1n) is 5.51. The molecule has 0 N–H and O–H groups in total. The quantitative estimate of drug-likeness (QED) is 0.646. The average Bonchev–Trinajstić information content (AvgIpc) is 2.14. The molecule has 5 heteroatoms. The third-order valence-electron chi connectivity index (χ3n) is 2.20. The SMILES string of the molecule is CCCCS(=O)(=O)N(CCCBr)C(C)C. The maximum Gasteiger partial charge on any atom is 0.214 e. The van der Waals surface area contributed by atoms with Crippen LogP contribution in [0.4, 0.5) is 0 Å². The van der Waals surface area contributed by atoms with Crippen molar-refractivity contribution in [1.82, 2.24) is 4.31 Å². The molecule has 0 amide bonds. The highest BCUT2D eigenvalue weighted by atomic mass is 79.9. The number of nitrogens with zero attached hydrogens (tertiary/aromatic N) is 1. The maximum absolute atomic E-state index is 11.9. The fourth-order valence-corrected chi connectivity index (χ4v) is 3.57. The van der Waals surface area contributed by atoms with Crippen LogP contribution in [-0.4, -0.2) is 36.4 Å². The Morgan fingerprint density at radius 2 is 1.87 bits per heavy atom. The van der Waals surface area contributed by atoms with Gasteiger partial charge in [0.15, 0.2) is 0 Å². The zero-order valence-electron chi connectivity index (χ0n) is 9.87. The lowest BCUT2D eigenvalue weighted by molar-refractivity contribution is 0.354. The Balaban J connectivity index is 4.45. The van der Waals surface area contributed by atoms with Crippen molar-refractivity contribution in [1.29, 1.82) is 0 Å². The van der Waals surface area contributed by atoms with Crippen LogP contribution in [0, 0.1) is 0 Å². The van der Waals surface area contributed by atoms with Crippen LogP contribution in [0.15, 0.2) is 0 Å². The second kappa shape index (κ2) is 7.63. The Morgan fingerprint density at radius 3 is 2.27 bits per heavy atom. The molecule has 0 saturated heterocycles. The first kappa shape index (κ1) is 15.4. The number of halogens is 1. The molecule has 3 nitrogen and oxygen atoms in total. The normalized spacial score (nSPS) is 12.7. The Kier molecular flexibility index (Phi) is 7.83. The molecule has 0 unspecified atom stereocenters. The summed E-state index contributed by atoms with van der Waals surface area (Å²) in [6.07, 6.45) is 2.53. The molecular weight excluding hydrogens is 278 g/mol. The van der Waals surface area contributed by atoms with Crippen LogP contribution >= 0.6 is 15.9 Å². The van der Waals surface area contributed by atoms with Gasteiger partial charge in [-0.25, -0.2) is 8.42 Å². The Labute approximate surface area is 102 Å². The van der Waals surface area contributed by atoms with Gasteiger partial charge in [0.25, 0.3) is 0 Å². The van der Waals surface area contributed by atoms with Crippen molar-refractivity contribution in [2.75, 3.05) is 17.6 Å². The van der Waals surface area contributed by atoms with Crippen molar-refractivity contribution in [3.05, 3.63) is 0 Å². The van der Waals surface area contributed by atoms with Gasteiger partial charge < -0.3 is 0 Å². The highest BCUT2D eigenvalue weighted by molar-refractivity contribution is 9.09. The number of hydrogen-bond donors (Lipinski definition) is 0. The van der Waals surface area contributed by atoms with Crippen molar-refractivity contribution in [3.63, 3.8) is 0 Å². The lowest BCUT2D eigenvalue weighted by Crippen LogP contribution is -2.39. The van der Waals surface area contributed by atoms with Crippen molar-refractivity contribution in [2.24, 2.45) is 0 Å². The third-order valence-corrected chi connectivity index (χ3v) is 4.89. The second-order valence-electron chi connectivity index (χ2n) is 3.92. The molecule has 0 aromatic rings. The number of hydrogen-bond acceptors (Lipinski definition) is 2. The van der Waals surface area contributed by atoms with Crippen LogP contribution in [0.2, 0.25) is 0 Å². The molecule has 0 rings (SSSR count). The topological polar surface area (TPSA) is 37.4 Å². The van der Waals surface area contributed by atoms with Crippen LogP contribution in [0.5, 0.6) is 0 Å². The van der Waals surface area contributed by atoms with Gasteiger partial charge in [-0.3, -0.25) is 0 Å². The molecule has 0 aliphatic heterocycles. The summed E-state index contributed by atoms with van der Waals surface area (Å²) in [5.41, 5.74) is 0. The van der Waals surface area contributed by atoms with E-state index in [4.69, 9.17) is 0 Å². The molecule has 0 aromatic carbocycles. The molecule has 0 atom stereocenters. The average molecular weight is 300 g/mol.